The summed E-state index contributed by atoms with van der Waals surface area (Å²) < 4.78 is 12.0. The fraction of sp³-hybridized carbons (Fsp3) is 0.235. The first-order valence-electron chi connectivity index (χ1n) is 7.41. The molecule has 3 rings (SSSR count). The number of aromatic nitrogens is 2. The zero-order valence-electron chi connectivity index (χ0n) is 13.5. The van der Waals surface area contributed by atoms with Gasteiger partial charge in [0.1, 0.15) is 0 Å². The number of rotatable bonds is 4. The van der Waals surface area contributed by atoms with Crippen molar-refractivity contribution in [1.29, 1.82) is 0 Å². The lowest BCUT2D eigenvalue weighted by Crippen LogP contribution is -2.18. The van der Waals surface area contributed by atoms with Crippen molar-refractivity contribution in [2.75, 3.05) is 12.9 Å². The molecule has 0 aliphatic carbocycles. The number of aryl methyl sites for hydroxylation is 1. The number of carbonyl (C=O) groups is 1. The summed E-state index contributed by atoms with van der Waals surface area (Å²) in [6.45, 7) is 3.69. The lowest BCUT2D eigenvalue weighted by atomic mass is 10.2. The molecule has 0 aliphatic rings. The Kier molecular flexibility index (Phi) is 4.44. The Hall–Kier alpha value is -2.54. The molecule has 0 spiro atoms. The van der Waals surface area contributed by atoms with Crippen LogP contribution in [-0.2, 0) is 4.74 Å². The van der Waals surface area contributed by atoms with Gasteiger partial charge in [0.2, 0.25) is 5.71 Å². The van der Waals surface area contributed by atoms with Crippen LogP contribution >= 0.6 is 11.8 Å². The highest BCUT2D eigenvalue weighted by Crippen LogP contribution is 2.32. The van der Waals surface area contributed by atoms with E-state index in [1.807, 2.05) is 37.3 Å². The van der Waals surface area contributed by atoms with E-state index in [1.165, 1.54) is 11.8 Å². The van der Waals surface area contributed by atoms with E-state index in [4.69, 9.17) is 9.15 Å². The molecule has 7 heteroatoms. The molecule has 2 heterocycles. The van der Waals surface area contributed by atoms with Gasteiger partial charge in [-0.25, -0.2) is 9.59 Å². The Balaban J connectivity index is 2.35. The van der Waals surface area contributed by atoms with Crippen LogP contribution in [0.3, 0.4) is 0 Å². The molecule has 0 radical (unpaired) electrons. The highest BCUT2D eigenvalue weighted by atomic mass is 32.2. The van der Waals surface area contributed by atoms with Crippen LogP contribution in [0.15, 0.2) is 44.4 Å². The Morgan fingerprint density at radius 2 is 2.04 bits per heavy atom. The maximum atomic E-state index is 12.4. The summed E-state index contributed by atoms with van der Waals surface area (Å²) in [5.74, 6) is -0.677. The second-order valence-electron chi connectivity index (χ2n) is 5.03. The normalized spacial score (nSPS) is 11.0. The number of fused-ring (bicyclic) bond motifs is 1. The number of hydrogen-bond acceptors (Lipinski definition) is 6. The number of carbonyl (C=O) groups excluding carboxylic acids is 1. The molecule has 0 saturated heterocycles. The maximum Gasteiger partial charge on any atom is 0.353 e. The van der Waals surface area contributed by atoms with Gasteiger partial charge in [0, 0.05) is 4.90 Å². The first-order valence-corrected chi connectivity index (χ1v) is 8.64. The molecule has 0 atom stereocenters. The molecule has 3 aromatic rings. The minimum Gasteiger partial charge on any atom is -0.462 e. The van der Waals surface area contributed by atoms with Crippen LogP contribution in [0.4, 0.5) is 0 Å². The molecule has 0 amide bonds. The first kappa shape index (κ1) is 16.3. The van der Waals surface area contributed by atoms with Gasteiger partial charge in [-0.15, -0.1) is 11.8 Å². The van der Waals surface area contributed by atoms with Crippen LogP contribution in [0.5, 0.6) is 0 Å². The first-order chi connectivity index (χ1) is 11.6. The monoisotopic (exact) mass is 344 g/mol. The van der Waals surface area contributed by atoms with E-state index in [2.05, 4.69) is 5.10 Å². The summed E-state index contributed by atoms with van der Waals surface area (Å²) >= 11 is 1.30. The standard InChI is InChI=1S/C17H16N2O4S/c1-4-22-16(20)13-14(24-3)12-10(2)18-19(15(12)23-17(13)21)11-8-6-5-7-9-11/h5-9H,4H2,1-3H3. The fourth-order valence-electron chi connectivity index (χ4n) is 2.55. The summed E-state index contributed by atoms with van der Waals surface area (Å²) in [6.07, 6.45) is 1.80. The zero-order valence-corrected chi connectivity index (χ0v) is 14.3. The molecular formula is C17H16N2O4S. The van der Waals surface area contributed by atoms with Crippen LogP contribution < -0.4 is 5.63 Å². The summed E-state index contributed by atoms with van der Waals surface area (Å²) in [4.78, 5) is 25.1. The molecule has 124 valence electrons. The van der Waals surface area contributed by atoms with Crippen LogP contribution in [0.2, 0.25) is 0 Å². The number of ether oxygens (including phenoxy) is 1. The molecule has 1 aromatic carbocycles. The molecule has 24 heavy (non-hydrogen) atoms. The molecule has 0 N–H and O–H groups in total. The van der Waals surface area contributed by atoms with Gasteiger partial charge in [-0.05, 0) is 32.2 Å². The minimum absolute atomic E-state index is 0.0763. The van der Waals surface area contributed by atoms with Gasteiger partial charge in [-0.2, -0.15) is 9.78 Å². The lowest BCUT2D eigenvalue weighted by molar-refractivity contribution is 0.0517. The molecule has 0 saturated carbocycles. The van der Waals surface area contributed by atoms with Gasteiger partial charge in [0.05, 0.1) is 23.4 Å². The Morgan fingerprint density at radius 3 is 2.67 bits per heavy atom. The van der Waals surface area contributed by atoms with Crippen LogP contribution in [0.1, 0.15) is 23.0 Å². The van der Waals surface area contributed by atoms with Crippen molar-refractivity contribution in [2.45, 2.75) is 18.7 Å². The number of nitrogens with zero attached hydrogens (tertiary/aromatic N) is 2. The molecule has 0 aliphatic heterocycles. The third kappa shape index (κ3) is 2.60. The van der Waals surface area contributed by atoms with E-state index < -0.39 is 11.6 Å². The quantitative estimate of drug-likeness (QED) is 0.534. The summed E-state index contributed by atoms with van der Waals surface area (Å²) in [6, 6.07) is 9.37. The zero-order chi connectivity index (χ0) is 17.3. The van der Waals surface area contributed by atoms with Crippen LogP contribution in [-0.4, -0.2) is 28.6 Å². The average molecular weight is 344 g/mol. The van der Waals surface area contributed by atoms with E-state index in [9.17, 15) is 9.59 Å². The van der Waals surface area contributed by atoms with E-state index in [-0.39, 0.29) is 12.2 Å². The van der Waals surface area contributed by atoms with Gasteiger partial charge in [-0.3, -0.25) is 0 Å². The third-order valence-corrected chi connectivity index (χ3v) is 4.37. The molecular weight excluding hydrogens is 328 g/mol. The fourth-order valence-corrected chi connectivity index (χ4v) is 3.36. The van der Waals surface area contributed by atoms with Crippen molar-refractivity contribution in [2.24, 2.45) is 0 Å². The highest BCUT2D eigenvalue weighted by molar-refractivity contribution is 7.99. The second kappa shape index (κ2) is 6.52. The highest BCUT2D eigenvalue weighted by Gasteiger charge is 2.26. The Labute approximate surface area is 142 Å². The number of thioether (sulfide) groups is 1. The molecule has 0 fully saturated rings. The van der Waals surface area contributed by atoms with E-state index in [1.54, 1.807) is 17.9 Å². The van der Waals surface area contributed by atoms with Crippen molar-refractivity contribution in [3.63, 3.8) is 0 Å². The van der Waals surface area contributed by atoms with Crippen molar-refractivity contribution in [1.82, 2.24) is 9.78 Å². The summed E-state index contributed by atoms with van der Waals surface area (Å²) in [5.41, 5.74) is 0.971. The van der Waals surface area contributed by atoms with Crippen molar-refractivity contribution in [3.8, 4) is 5.69 Å². The number of hydrogen-bond donors (Lipinski definition) is 0. The van der Waals surface area contributed by atoms with E-state index in [0.29, 0.717) is 21.7 Å². The average Bonchev–Trinajstić information content (AvgIpc) is 2.91. The largest absolute Gasteiger partial charge is 0.462 e. The molecule has 0 unspecified atom stereocenters. The number of esters is 1. The van der Waals surface area contributed by atoms with Crippen molar-refractivity contribution >= 4 is 28.8 Å². The Morgan fingerprint density at radius 1 is 1.33 bits per heavy atom. The van der Waals surface area contributed by atoms with E-state index >= 15 is 0 Å². The maximum absolute atomic E-state index is 12.4. The topological polar surface area (TPSA) is 74.3 Å². The molecule has 2 aromatic heterocycles. The number of para-hydroxylation sites is 1. The number of benzene rings is 1. The van der Waals surface area contributed by atoms with Gasteiger partial charge >= 0.3 is 11.6 Å². The predicted octanol–water partition coefficient (Wildman–Crippen LogP) is 3.19. The van der Waals surface area contributed by atoms with Gasteiger partial charge in [0.25, 0.3) is 0 Å². The smallest absolute Gasteiger partial charge is 0.353 e. The van der Waals surface area contributed by atoms with E-state index in [0.717, 1.165) is 5.69 Å². The summed E-state index contributed by atoms with van der Waals surface area (Å²) in [5, 5.41) is 5.12. The molecule has 6 nitrogen and oxygen atoms in total. The van der Waals surface area contributed by atoms with Gasteiger partial charge in [0.15, 0.2) is 5.56 Å². The van der Waals surface area contributed by atoms with Gasteiger partial charge < -0.3 is 9.15 Å². The van der Waals surface area contributed by atoms with Crippen LogP contribution in [0.25, 0.3) is 16.8 Å². The van der Waals surface area contributed by atoms with Crippen LogP contribution in [0, 0.1) is 6.92 Å². The van der Waals surface area contributed by atoms with Crippen molar-refractivity contribution in [3.05, 3.63) is 52.0 Å². The van der Waals surface area contributed by atoms with Crippen molar-refractivity contribution < 1.29 is 13.9 Å². The Bertz CT molecular complexity index is 960. The third-order valence-electron chi connectivity index (χ3n) is 3.55. The SMILES string of the molecule is CCOC(=O)c1c(SC)c2c(C)nn(-c3ccccc3)c2oc1=O. The summed E-state index contributed by atoms with van der Waals surface area (Å²) in [7, 11) is 0. The van der Waals surface area contributed by atoms with Gasteiger partial charge in [-0.1, -0.05) is 18.2 Å². The molecule has 0 bridgehead atoms. The lowest BCUT2D eigenvalue weighted by Gasteiger charge is -2.07. The second-order valence-corrected chi connectivity index (χ2v) is 5.85. The minimum atomic E-state index is -0.720. The predicted molar refractivity (Wildman–Crippen MR) is 92.1 cm³/mol.